The van der Waals surface area contributed by atoms with Gasteiger partial charge in [-0.2, -0.15) is 0 Å². The van der Waals surface area contributed by atoms with Crippen molar-refractivity contribution >= 4 is 16.6 Å². The maximum absolute atomic E-state index is 6.15. The first-order chi connectivity index (χ1) is 9.69. The van der Waals surface area contributed by atoms with Gasteiger partial charge in [-0.05, 0) is 24.5 Å². The number of rotatable bonds is 2. The topological polar surface area (TPSA) is 64.3 Å². The molecule has 3 rings (SSSR count). The van der Waals surface area contributed by atoms with Crippen molar-refractivity contribution in [2.45, 2.75) is 19.4 Å². The van der Waals surface area contributed by atoms with E-state index in [1.807, 2.05) is 12.3 Å². The third kappa shape index (κ3) is 2.29. The molecule has 5 heteroatoms. The lowest BCUT2D eigenvalue weighted by molar-refractivity contribution is 0.398. The summed E-state index contributed by atoms with van der Waals surface area (Å²) in [6.45, 7) is 4.11. The summed E-state index contributed by atoms with van der Waals surface area (Å²) in [4.78, 5) is 11.1. The molecule has 20 heavy (non-hydrogen) atoms. The minimum Gasteiger partial charge on any atom is -0.479 e. The van der Waals surface area contributed by atoms with Crippen molar-refractivity contribution in [3.8, 4) is 5.88 Å². The van der Waals surface area contributed by atoms with Crippen molar-refractivity contribution in [1.82, 2.24) is 9.97 Å². The molecular weight excluding hydrogens is 252 g/mol. The van der Waals surface area contributed by atoms with Crippen LogP contribution in [0.1, 0.15) is 13.3 Å². The van der Waals surface area contributed by atoms with Crippen LogP contribution in [-0.4, -0.2) is 36.2 Å². The van der Waals surface area contributed by atoms with Gasteiger partial charge in [-0.15, -0.1) is 0 Å². The highest BCUT2D eigenvalue weighted by Crippen LogP contribution is 2.32. The molecule has 2 N–H and O–H groups in total. The van der Waals surface area contributed by atoms with Gasteiger partial charge >= 0.3 is 0 Å². The number of hydrogen-bond acceptors (Lipinski definition) is 5. The SMILES string of the molecule is COc1ncc(N2CC(C)CC(N)C2)c2cccnc12. The molecule has 3 heterocycles. The minimum atomic E-state index is 0.215. The Labute approximate surface area is 118 Å². The molecule has 1 fully saturated rings. The number of aromatic nitrogens is 2. The molecule has 1 aliphatic rings. The summed E-state index contributed by atoms with van der Waals surface area (Å²) in [5.74, 6) is 1.16. The first-order valence-electron chi connectivity index (χ1n) is 6.97. The van der Waals surface area contributed by atoms with Gasteiger partial charge in [0, 0.05) is 30.7 Å². The van der Waals surface area contributed by atoms with Crippen LogP contribution in [0.3, 0.4) is 0 Å². The lowest BCUT2D eigenvalue weighted by atomic mass is 9.96. The minimum absolute atomic E-state index is 0.215. The molecular formula is C15H20N4O. The van der Waals surface area contributed by atoms with E-state index >= 15 is 0 Å². The monoisotopic (exact) mass is 272 g/mol. The van der Waals surface area contributed by atoms with Crippen molar-refractivity contribution in [1.29, 1.82) is 0 Å². The Bertz CT molecular complexity index is 606. The summed E-state index contributed by atoms with van der Waals surface area (Å²) in [7, 11) is 1.62. The zero-order chi connectivity index (χ0) is 14.1. The molecule has 1 saturated heterocycles. The van der Waals surface area contributed by atoms with Crippen molar-refractivity contribution < 1.29 is 4.74 Å². The molecule has 0 spiro atoms. The fourth-order valence-corrected chi connectivity index (χ4v) is 3.03. The van der Waals surface area contributed by atoms with Gasteiger partial charge in [-0.1, -0.05) is 6.92 Å². The van der Waals surface area contributed by atoms with Gasteiger partial charge < -0.3 is 15.4 Å². The van der Waals surface area contributed by atoms with E-state index in [1.54, 1.807) is 13.3 Å². The number of fused-ring (bicyclic) bond motifs is 1. The van der Waals surface area contributed by atoms with E-state index < -0.39 is 0 Å². The Morgan fingerprint density at radius 3 is 2.95 bits per heavy atom. The number of hydrogen-bond donors (Lipinski definition) is 1. The van der Waals surface area contributed by atoms with E-state index in [1.165, 1.54) is 0 Å². The summed E-state index contributed by atoms with van der Waals surface area (Å²) >= 11 is 0. The van der Waals surface area contributed by atoms with Gasteiger partial charge in [-0.25, -0.2) is 4.98 Å². The highest BCUT2D eigenvalue weighted by atomic mass is 16.5. The normalized spacial score (nSPS) is 23.1. The number of ether oxygens (including phenoxy) is 1. The van der Waals surface area contributed by atoms with Crippen molar-refractivity contribution in [2.24, 2.45) is 11.7 Å². The van der Waals surface area contributed by atoms with E-state index in [4.69, 9.17) is 10.5 Å². The molecule has 0 aromatic carbocycles. The van der Waals surface area contributed by atoms with E-state index in [9.17, 15) is 0 Å². The number of pyridine rings is 2. The highest BCUT2D eigenvalue weighted by molar-refractivity contribution is 5.94. The molecule has 2 unspecified atom stereocenters. The first-order valence-corrected chi connectivity index (χ1v) is 6.97. The Hall–Kier alpha value is -1.88. The molecule has 0 aliphatic carbocycles. The van der Waals surface area contributed by atoms with Crippen LogP contribution in [0.2, 0.25) is 0 Å². The average molecular weight is 272 g/mol. The molecule has 1 aliphatic heterocycles. The van der Waals surface area contributed by atoms with Crippen LogP contribution in [0.15, 0.2) is 24.5 Å². The summed E-state index contributed by atoms with van der Waals surface area (Å²) in [6, 6.07) is 4.22. The molecule has 2 atom stereocenters. The van der Waals surface area contributed by atoms with E-state index in [0.29, 0.717) is 11.8 Å². The number of piperidine rings is 1. The van der Waals surface area contributed by atoms with Crippen LogP contribution in [0, 0.1) is 5.92 Å². The largest absolute Gasteiger partial charge is 0.479 e. The Morgan fingerprint density at radius 2 is 2.20 bits per heavy atom. The smallest absolute Gasteiger partial charge is 0.240 e. The van der Waals surface area contributed by atoms with Crippen LogP contribution in [0.4, 0.5) is 5.69 Å². The van der Waals surface area contributed by atoms with Crippen molar-refractivity contribution in [2.75, 3.05) is 25.1 Å². The average Bonchev–Trinajstić information content (AvgIpc) is 2.45. The number of anilines is 1. The molecule has 0 amide bonds. The fraction of sp³-hybridized carbons (Fsp3) is 0.467. The zero-order valence-corrected chi connectivity index (χ0v) is 11.9. The number of methoxy groups -OCH3 is 1. The summed E-state index contributed by atoms with van der Waals surface area (Å²) in [5, 5.41) is 1.07. The van der Waals surface area contributed by atoms with Crippen molar-refractivity contribution in [3.63, 3.8) is 0 Å². The third-order valence-corrected chi connectivity index (χ3v) is 3.82. The predicted molar refractivity (Wildman–Crippen MR) is 80.1 cm³/mol. The fourth-order valence-electron chi connectivity index (χ4n) is 3.03. The van der Waals surface area contributed by atoms with E-state index in [-0.39, 0.29) is 6.04 Å². The quantitative estimate of drug-likeness (QED) is 0.903. The summed E-state index contributed by atoms with van der Waals surface area (Å²) in [5.41, 5.74) is 8.05. The molecule has 2 aromatic heterocycles. The third-order valence-electron chi connectivity index (χ3n) is 3.82. The van der Waals surface area contributed by atoms with Crippen LogP contribution in [0.5, 0.6) is 5.88 Å². The Kier molecular flexibility index (Phi) is 3.44. The molecule has 0 saturated carbocycles. The number of nitrogens with zero attached hydrogens (tertiary/aromatic N) is 3. The molecule has 106 valence electrons. The predicted octanol–water partition coefficient (Wildman–Crippen LogP) is 1.81. The van der Waals surface area contributed by atoms with Gasteiger partial charge in [0.05, 0.1) is 19.0 Å². The van der Waals surface area contributed by atoms with Gasteiger partial charge in [-0.3, -0.25) is 4.98 Å². The van der Waals surface area contributed by atoms with Crippen LogP contribution >= 0.6 is 0 Å². The van der Waals surface area contributed by atoms with Crippen LogP contribution in [-0.2, 0) is 0 Å². The second-order valence-corrected chi connectivity index (χ2v) is 5.56. The first kappa shape index (κ1) is 13.1. The van der Waals surface area contributed by atoms with Crippen molar-refractivity contribution in [3.05, 3.63) is 24.5 Å². The van der Waals surface area contributed by atoms with Gasteiger partial charge in [0.2, 0.25) is 5.88 Å². The van der Waals surface area contributed by atoms with E-state index in [2.05, 4.69) is 27.9 Å². The number of nitrogens with two attached hydrogens (primary N) is 1. The highest BCUT2D eigenvalue weighted by Gasteiger charge is 2.24. The molecule has 5 nitrogen and oxygen atoms in total. The van der Waals surface area contributed by atoms with Crippen LogP contribution in [0.25, 0.3) is 10.9 Å². The van der Waals surface area contributed by atoms with Gasteiger partial charge in [0.15, 0.2) is 0 Å². The zero-order valence-electron chi connectivity index (χ0n) is 11.9. The Morgan fingerprint density at radius 1 is 1.35 bits per heavy atom. The van der Waals surface area contributed by atoms with Gasteiger partial charge in [0.1, 0.15) is 5.52 Å². The second-order valence-electron chi connectivity index (χ2n) is 5.56. The standard InChI is InChI=1S/C15H20N4O/c1-10-6-11(16)9-19(8-10)13-7-18-15(20-2)14-12(13)4-3-5-17-14/h3-5,7,10-11H,6,8-9,16H2,1-2H3. The van der Waals surface area contributed by atoms with E-state index in [0.717, 1.165) is 36.1 Å². The second kappa shape index (κ2) is 5.25. The van der Waals surface area contributed by atoms with Crippen LogP contribution < -0.4 is 15.4 Å². The summed E-state index contributed by atoms with van der Waals surface area (Å²) in [6.07, 6.45) is 4.71. The molecule has 0 radical (unpaired) electrons. The lowest BCUT2D eigenvalue weighted by Gasteiger charge is -2.36. The lowest BCUT2D eigenvalue weighted by Crippen LogP contribution is -2.46. The Balaban J connectivity index is 2.08. The summed E-state index contributed by atoms with van der Waals surface area (Å²) < 4.78 is 5.30. The molecule has 0 bridgehead atoms. The molecule has 2 aromatic rings. The maximum Gasteiger partial charge on any atom is 0.240 e. The maximum atomic E-state index is 6.15. The van der Waals surface area contributed by atoms with Gasteiger partial charge in [0.25, 0.3) is 0 Å².